The summed E-state index contributed by atoms with van der Waals surface area (Å²) in [5.74, 6) is 1.77. The molecule has 0 aromatic heterocycles. The number of rotatable bonds is 3. The lowest BCUT2D eigenvalue weighted by atomic mass is 9.71. The number of hydrogen-bond donors (Lipinski definition) is 1. The highest BCUT2D eigenvalue weighted by Gasteiger charge is 2.43. The second kappa shape index (κ2) is 5.10. The summed E-state index contributed by atoms with van der Waals surface area (Å²) in [4.78, 5) is 0. The lowest BCUT2D eigenvalue weighted by molar-refractivity contribution is -0.145. The quantitative estimate of drug-likeness (QED) is 0.843. The Bertz CT molecular complexity index is 257. The normalized spacial score (nSPS) is 30.0. The van der Waals surface area contributed by atoms with Gasteiger partial charge in [-0.15, -0.1) is 0 Å². The standard InChI is InChI=1S/C14H27NOS/c1-13(2,3)17-10-12(15)11-5-8-16-14(9-11)6-4-7-14/h11-12H,4-10,15H2,1-3H3. The lowest BCUT2D eigenvalue weighted by Crippen LogP contribution is -2.50. The van der Waals surface area contributed by atoms with Crippen molar-refractivity contribution >= 4 is 11.8 Å². The highest BCUT2D eigenvalue weighted by molar-refractivity contribution is 8.00. The summed E-state index contributed by atoms with van der Waals surface area (Å²) >= 11 is 2.00. The van der Waals surface area contributed by atoms with E-state index < -0.39 is 0 Å². The van der Waals surface area contributed by atoms with Crippen LogP contribution >= 0.6 is 11.8 Å². The molecule has 2 rings (SSSR count). The minimum Gasteiger partial charge on any atom is -0.375 e. The molecule has 1 saturated carbocycles. The maximum atomic E-state index is 6.38. The predicted molar refractivity (Wildman–Crippen MR) is 75.4 cm³/mol. The summed E-state index contributed by atoms with van der Waals surface area (Å²) in [6.45, 7) is 7.73. The average molecular weight is 257 g/mol. The van der Waals surface area contributed by atoms with Crippen LogP contribution in [0.15, 0.2) is 0 Å². The van der Waals surface area contributed by atoms with Crippen LogP contribution in [0.1, 0.15) is 52.9 Å². The molecule has 0 bridgehead atoms. The molecule has 17 heavy (non-hydrogen) atoms. The Morgan fingerprint density at radius 1 is 1.41 bits per heavy atom. The summed E-state index contributed by atoms with van der Waals surface area (Å²) in [5.41, 5.74) is 6.62. The molecule has 2 N–H and O–H groups in total. The fraction of sp³-hybridized carbons (Fsp3) is 1.00. The van der Waals surface area contributed by atoms with E-state index in [0.29, 0.717) is 16.7 Å². The van der Waals surface area contributed by atoms with E-state index in [-0.39, 0.29) is 5.60 Å². The summed E-state index contributed by atoms with van der Waals surface area (Å²) in [5, 5.41) is 0. The minimum atomic E-state index is 0.243. The Hall–Kier alpha value is 0.270. The van der Waals surface area contributed by atoms with Gasteiger partial charge in [0, 0.05) is 23.1 Å². The number of thioether (sulfide) groups is 1. The van der Waals surface area contributed by atoms with Crippen LogP contribution in [0.5, 0.6) is 0 Å². The molecule has 1 aliphatic heterocycles. The Labute approximate surface area is 110 Å². The van der Waals surface area contributed by atoms with Gasteiger partial charge in [0.25, 0.3) is 0 Å². The van der Waals surface area contributed by atoms with Crippen molar-refractivity contribution in [3.8, 4) is 0 Å². The molecule has 0 amide bonds. The van der Waals surface area contributed by atoms with Gasteiger partial charge in [0.1, 0.15) is 0 Å². The Kier molecular flexibility index (Phi) is 4.11. The molecule has 2 aliphatic rings. The van der Waals surface area contributed by atoms with Crippen LogP contribution in [0, 0.1) is 5.92 Å². The highest BCUT2D eigenvalue weighted by atomic mass is 32.2. The summed E-state index contributed by atoms with van der Waals surface area (Å²) in [7, 11) is 0. The number of ether oxygens (including phenoxy) is 1. The molecule has 1 saturated heterocycles. The van der Waals surface area contributed by atoms with Crippen LogP contribution in [-0.2, 0) is 4.74 Å². The van der Waals surface area contributed by atoms with Crippen LogP contribution in [0.25, 0.3) is 0 Å². The van der Waals surface area contributed by atoms with E-state index in [1.54, 1.807) is 0 Å². The van der Waals surface area contributed by atoms with E-state index in [1.807, 2.05) is 11.8 Å². The molecule has 1 heterocycles. The Morgan fingerprint density at radius 2 is 2.12 bits per heavy atom. The molecule has 3 heteroatoms. The maximum absolute atomic E-state index is 6.38. The monoisotopic (exact) mass is 257 g/mol. The van der Waals surface area contributed by atoms with E-state index in [2.05, 4.69) is 20.8 Å². The maximum Gasteiger partial charge on any atom is 0.0685 e. The van der Waals surface area contributed by atoms with Crippen molar-refractivity contribution in [1.29, 1.82) is 0 Å². The SMILES string of the molecule is CC(C)(C)SCC(N)C1CCOC2(CCC2)C1. The van der Waals surface area contributed by atoms with Crippen molar-refractivity contribution in [3.63, 3.8) is 0 Å². The van der Waals surface area contributed by atoms with Crippen molar-refractivity contribution in [2.75, 3.05) is 12.4 Å². The summed E-state index contributed by atoms with van der Waals surface area (Å²) in [6, 6.07) is 0.348. The van der Waals surface area contributed by atoms with Crippen molar-refractivity contribution in [1.82, 2.24) is 0 Å². The molecular formula is C14H27NOS. The van der Waals surface area contributed by atoms with E-state index in [9.17, 15) is 0 Å². The van der Waals surface area contributed by atoms with E-state index in [1.165, 1.54) is 25.7 Å². The van der Waals surface area contributed by atoms with Gasteiger partial charge in [-0.05, 0) is 38.0 Å². The molecule has 2 atom stereocenters. The summed E-state index contributed by atoms with van der Waals surface area (Å²) in [6.07, 6.45) is 6.25. The molecule has 0 radical (unpaired) electrons. The number of nitrogens with two attached hydrogens (primary N) is 1. The third kappa shape index (κ3) is 3.62. The van der Waals surface area contributed by atoms with Gasteiger partial charge < -0.3 is 10.5 Å². The molecule has 2 nitrogen and oxygen atoms in total. The molecule has 2 fully saturated rings. The largest absolute Gasteiger partial charge is 0.375 e. The lowest BCUT2D eigenvalue weighted by Gasteiger charge is -2.48. The second-order valence-electron chi connectivity index (χ2n) is 6.73. The molecular weight excluding hydrogens is 230 g/mol. The van der Waals surface area contributed by atoms with Crippen LogP contribution in [0.3, 0.4) is 0 Å². The topological polar surface area (TPSA) is 35.2 Å². The van der Waals surface area contributed by atoms with Crippen molar-refractivity contribution in [2.24, 2.45) is 11.7 Å². The number of hydrogen-bond acceptors (Lipinski definition) is 3. The zero-order chi connectivity index (χ0) is 12.5. The summed E-state index contributed by atoms with van der Waals surface area (Å²) < 4.78 is 6.30. The first kappa shape index (κ1) is 13.7. The van der Waals surface area contributed by atoms with Crippen LogP contribution < -0.4 is 5.73 Å². The van der Waals surface area contributed by atoms with Crippen molar-refractivity contribution < 1.29 is 4.74 Å². The fourth-order valence-corrected chi connectivity index (χ4v) is 3.80. The van der Waals surface area contributed by atoms with E-state index in [0.717, 1.165) is 18.8 Å². The first-order valence-electron chi connectivity index (χ1n) is 6.94. The zero-order valence-electron chi connectivity index (χ0n) is 11.5. The van der Waals surface area contributed by atoms with Crippen molar-refractivity contribution in [2.45, 2.75) is 69.3 Å². The molecule has 100 valence electrons. The van der Waals surface area contributed by atoms with Crippen LogP contribution in [0.4, 0.5) is 0 Å². The predicted octanol–water partition coefficient (Wildman–Crippen LogP) is 3.19. The first-order valence-corrected chi connectivity index (χ1v) is 7.92. The van der Waals surface area contributed by atoms with Gasteiger partial charge in [-0.3, -0.25) is 0 Å². The Balaban J connectivity index is 1.80. The third-order valence-corrected chi connectivity index (χ3v) is 5.53. The van der Waals surface area contributed by atoms with Gasteiger partial charge >= 0.3 is 0 Å². The van der Waals surface area contributed by atoms with Crippen LogP contribution in [0.2, 0.25) is 0 Å². The van der Waals surface area contributed by atoms with Gasteiger partial charge in [0.2, 0.25) is 0 Å². The molecule has 1 aliphatic carbocycles. The molecule has 2 unspecified atom stereocenters. The minimum absolute atomic E-state index is 0.243. The van der Waals surface area contributed by atoms with Gasteiger partial charge in [0.15, 0.2) is 0 Å². The van der Waals surface area contributed by atoms with Crippen LogP contribution in [-0.4, -0.2) is 28.7 Å². The average Bonchev–Trinajstić information content (AvgIpc) is 2.23. The third-order valence-electron chi connectivity index (χ3n) is 4.11. The van der Waals surface area contributed by atoms with Gasteiger partial charge in [-0.25, -0.2) is 0 Å². The van der Waals surface area contributed by atoms with Gasteiger partial charge in [-0.2, -0.15) is 11.8 Å². The second-order valence-corrected chi connectivity index (χ2v) is 8.57. The molecule has 0 aromatic carbocycles. The Morgan fingerprint density at radius 3 is 2.65 bits per heavy atom. The smallest absolute Gasteiger partial charge is 0.0685 e. The van der Waals surface area contributed by atoms with Crippen molar-refractivity contribution in [3.05, 3.63) is 0 Å². The molecule has 1 spiro atoms. The highest BCUT2D eigenvalue weighted by Crippen LogP contribution is 2.45. The van der Waals surface area contributed by atoms with Gasteiger partial charge in [0.05, 0.1) is 5.60 Å². The molecule has 0 aromatic rings. The van der Waals surface area contributed by atoms with Gasteiger partial charge in [-0.1, -0.05) is 20.8 Å². The first-order chi connectivity index (χ1) is 7.90. The zero-order valence-corrected chi connectivity index (χ0v) is 12.3. The fourth-order valence-electron chi connectivity index (χ4n) is 2.83. The van der Waals surface area contributed by atoms with E-state index >= 15 is 0 Å². The van der Waals surface area contributed by atoms with E-state index in [4.69, 9.17) is 10.5 Å².